The van der Waals surface area contributed by atoms with Gasteiger partial charge in [0.1, 0.15) is 5.52 Å². The minimum absolute atomic E-state index is 0.212. The summed E-state index contributed by atoms with van der Waals surface area (Å²) in [6, 6.07) is 0. The van der Waals surface area contributed by atoms with Crippen LogP contribution in [0.2, 0.25) is 5.28 Å². The van der Waals surface area contributed by atoms with E-state index in [0.717, 1.165) is 43.9 Å². The van der Waals surface area contributed by atoms with Crippen molar-refractivity contribution in [2.24, 2.45) is 0 Å². The Balaban J connectivity index is 1.89. The third kappa shape index (κ3) is 2.50. The molecule has 1 N–H and O–H groups in total. The van der Waals surface area contributed by atoms with Crippen LogP contribution in [0.4, 0.5) is 5.82 Å². The second-order valence-electron chi connectivity index (χ2n) is 4.56. The number of nitrogens with zero attached hydrogens (tertiary/aromatic N) is 4. The molecule has 0 amide bonds. The summed E-state index contributed by atoms with van der Waals surface area (Å²) in [6.45, 7) is 4.45. The number of aromatic nitrogens is 4. The highest BCUT2D eigenvalue weighted by atomic mass is 35.5. The molecule has 0 bridgehead atoms. The number of halogens is 1. The van der Waals surface area contributed by atoms with E-state index >= 15 is 0 Å². The van der Waals surface area contributed by atoms with Crippen LogP contribution in [0.1, 0.15) is 19.8 Å². The highest BCUT2D eigenvalue weighted by molar-refractivity contribution is 6.28. The topological polar surface area (TPSA) is 64.9 Å². The third-order valence-corrected chi connectivity index (χ3v) is 3.48. The Bertz CT molecular complexity index is 579. The molecular formula is C12H16ClN5O. The second-order valence-corrected chi connectivity index (χ2v) is 4.90. The van der Waals surface area contributed by atoms with Gasteiger partial charge in [0.15, 0.2) is 11.5 Å². The molecule has 2 aromatic heterocycles. The Kier molecular flexibility index (Phi) is 3.52. The number of hydrogen-bond acceptors (Lipinski definition) is 5. The van der Waals surface area contributed by atoms with Gasteiger partial charge in [-0.3, -0.25) is 0 Å². The van der Waals surface area contributed by atoms with Crippen LogP contribution in [0.15, 0.2) is 6.33 Å². The van der Waals surface area contributed by atoms with E-state index in [1.807, 2.05) is 4.57 Å². The number of ether oxygens (including phenoxy) is 1. The van der Waals surface area contributed by atoms with Crippen molar-refractivity contribution < 1.29 is 4.74 Å². The first-order valence-corrected chi connectivity index (χ1v) is 6.89. The van der Waals surface area contributed by atoms with Gasteiger partial charge in [0.2, 0.25) is 5.28 Å². The second kappa shape index (κ2) is 5.30. The van der Waals surface area contributed by atoms with Gasteiger partial charge < -0.3 is 14.6 Å². The molecule has 1 saturated heterocycles. The SMILES string of the molecule is CCn1cnc2nc(Cl)nc(NCC3CCCO3)c21. The molecule has 6 nitrogen and oxygen atoms in total. The van der Waals surface area contributed by atoms with E-state index in [-0.39, 0.29) is 11.4 Å². The van der Waals surface area contributed by atoms with Crippen molar-refractivity contribution in [3.63, 3.8) is 0 Å². The lowest BCUT2D eigenvalue weighted by atomic mass is 10.2. The van der Waals surface area contributed by atoms with Crippen LogP contribution in [0, 0.1) is 0 Å². The first-order valence-electron chi connectivity index (χ1n) is 6.51. The summed E-state index contributed by atoms with van der Waals surface area (Å²) in [5.41, 5.74) is 1.52. The highest BCUT2D eigenvalue weighted by Crippen LogP contribution is 2.22. The lowest BCUT2D eigenvalue weighted by molar-refractivity contribution is 0.120. The number of nitrogens with one attached hydrogen (secondary N) is 1. The van der Waals surface area contributed by atoms with Gasteiger partial charge in [-0.15, -0.1) is 0 Å². The molecule has 1 aliphatic heterocycles. The maximum absolute atomic E-state index is 5.93. The smallest absolute Gasteiger partial charge is 0.226 e. The fourth-order valence-electron chi connectivity index (χ4n) is 2.33. The van der Waals surface area contributed by atoms with Crippen LogP contribution in [-0.4, -0.2) is 38.8 Å². The van der Waals surface area contributed by atoms with Crippen LogP contribution >= 0.6 is 11.6 Å². The first-order chi connectivity index (χ1) is 9.28. The molecule has 3 rings (SSSR count). The molecule has 0 radical (unpaired) electrons. The molecule has 0 aliphatic carbocycles. The number of rotatable bonds is 4. The fraction of sp³-hybridized carbons (Fsp3) is 0.583. The monoisotopic (exact) mass is 281 g/mol. The zero-order valence-corrected chi connectivity index (χ0v) is 11.5. The maximum Gasteiger partial charge on any atom is 0.226 e. The maximum atomic E-state index is 5.93. The average molecular weight is 282 g/mol. The highest BCUT2D eigenvalue weighted by Gasteiger charge is 2.17. The number of hydrogen-bond donors (Lipinski definition) is 1. The van der Waals surface area contributed by atoms with Gasteiger partial charge in [-0.25, -0.2) is 4.98 Å². The minimum Gasteiger partial charge on any atom is -0.376 e. The van der Waals surface area contributed by atoms with E-state index in [0.29, 0.717) is 5.65 Å². The van der Waals surface area contributed by atoms with E-state index in [1.165, 1.54) is 0 Å². The van der Waals surface area contributed by atoms with Crippen molar-refractivity contribution in [2.45, 2.75) is 32.4 Å². The van der Waals surface area contributed by atoms with Crippen LogP contribution in [0.3, 0.4) is 0 Å². The Morgan fingerprint density at radius 1 is 1.53 bits per heavy atom. The van der Waals surface area contributed by atoms with Gasteiger partial charge in [0.05, 0.1) is 12.4 Å². The largest absolute Gasteiger partial charge is 0.376 e. The van der Waals surface area contributed by atoms with Gasteiger partial charge in [0, 0.05) is 19.7 Å². The molecule has 102 valence electrons. The van der Waals surface area contributed by atoms with Crippen molar-refractivity contribution in [1.29, 1.82) is 0 Å². The number of fused-ring (bicyclic) bond motifs is 1. The Morgan fingerprint density at radius 3 is 3.16 bits per heavy atom. The summed E-state index contributed by atoms with van der Waals surface area (Å²) < 4.78 is 7.60. The van der Waals surface area contributed by atoms with Gasteiger partial charge in [-0.1, -0.05) is 0 Å². The summed E-state index contributed by atoms with van der Waals surface area (Å²) in [5.74, 6) is 0.727. The molecule has 1 fully saturated rings. The summed E-state index contributed by atoms with van der Waals surface area (Å²) in [4.78, 5) is 12.7. The minimum atomic E-state index is 0.212. The molecule has 0 spiro atoms. The first kappa shape index (κ1) is 12.6. The predicted molar refractivity (Wildman–Crippen MR) is 73.5 cm³/mol. The Hall–Kier alpha value is -1.40. The van der Waals surface area contributed by atoms with E-state index < -0.39 is 0 Å². The average Bonchev–Trinajstić information content (AvgIpc) is 3.04. The molecule has 1 aliphatic rings. The molecule has 1 atom stereocenters. The molecule has 0 aromatic carbocycles. The summed E-state index contributed by atoms with van der Waals surface area (Å²) >= 11 is 5.93. The van der Waals surface area contributed by atoms with E-state index in [1.54, 1.807) is 6.33 Å². The molecule has 7 heteroatoms. The van der Waals surface area contributed by atoms with Gasteiger partial charge in [-0.05, 0) is 31.4 Å². The van der Waals surface area contributed by atoms with Crippen molar-refractivity contribution in [1.82, 2.24) is 19.5 Å². The van der Waals surface area contributed by atoms with Crippen molar-refractivity contribution in [3.05, 3.63) is 11.6 Å². The molecule has 3 heterocycles. The van der Waals surface area contributed by atoms with Gasteiger partial charge >= 0.3 is 0 Å². The molecule has 2 aromatic rings. The van der Waals surface area contributed by atoms with Crippen LogP contribution in [-0.2, 0) is 11.3 Å². The molecule has 19 heavy (non-hydrogen) atoms. The molecule has 1 unspecified atom stereocenters. The number of imidazole rings is 1. The van der Waals surface area contributed by atoms with E-state index in [9.17, 15) is 0 Å². The van der Waals surface area contributed by atoms with Crippen molar-refractivity contribution in [3.8, 4) is 0 Å². The summed E-state index contributed by atoms with van der Waals surface area (Å²) in [5, 5.41) is 3.52. The van der Waals surface area contributed by atoms with Gasteiger partial charge in [-0.2, -0.15) is 9.97 Å². The zero-order chi connectivity index (χ0) is 13.2. The predicted octanol–water partition coefficient (Wildman–Crippen LogP) is 2.09. The molecular weight excluding hydrogens is 266 g/mol. The summed E-state index contributed by atoms with van der Waals surface area (Å²) in [6.07, 6.45) is 4.22. The lowest BCUT2D eigenvalue weighted by Gasteiger charge is -2.12. The normalized spacial score (nSPS) is 19.2. The Labute approximate surface area is 116 Å². The quantitative estimate of drug-likeness (QED) is 0.870. The Morgan fingerprint density at radius 2 is 2.42 bits per heavy atom. The van der Waals surface area contributed by atoms with Crippen LogP contribution in [0.5, 0.6) is 0 Å². The zero-order valence-electron chi connectivity index (χ0n) is 10.8. The summed E-state index contributed by atoms with van der Waals surface area (Å²) in [7, 11) is 0. The van der Waals surface area contributed by atoms with E-state index in [4.69, 9.17) is 16.3 Å². The van der Waals surface area contributed by atoms with Crippen LogP contribution in [0.25, 0.3) is 11.2 Å². The van der Waals surface area contributed by atoms with Crippen molar-refractivity contribution in [2.75, 3.05) is 18.5 Å². The van der Waals surface area contributed by atoms with Gasteiger partial charge in [0.25, 0.3) is 0 Å². The number of anilines is 1. The standard InChI is InChI=1S/C12H16ClN5O/c1-2-18-7-15-11-9(18)10(16-12(13)17-11)14-6-8-4-3-5-19-8/h7-8H,2-6H2,1H3,(H,14,16,17). The van der Waals surface area contributed by atoms with Crippen LogP contribution < -0.4 is 5.32 Å². The third-order valence-electron chi connectivity index (χ3n) is 3.31. The lowest BCUT2D eigenvalue weighted by Crippen LogP contribution is -2.19. The number of aryl methyl sites for hydroxylation is 1. The molecule has 0 saturated carbocycles. The van der Waals surface area contributed by atoms with E-state index in [2.05, 4.69) is 27.2 Å². The fourth-order valence-corrected chi connectivity index (χ4v) is 2.50. The van der Waals surface area contributed by atoms with Crippen molar-refractivity contribution >= 4 is 28.6 Å².